The summed E-state index contributed by atoms with van der Waals surface area (Å²) in [6, 6.07) is 18.8. The van der Waals surface area contributed by atoms with Crippen LogP contribution in [0.25, 0.3) is 0 Å². The molecule has 5 nitrogen and oxygen atoms in total. The first-order valence-corrected chi connectivity index (χ1v) is 12.5. The molecule has 3 aromatic heterocycles. The molecule has 2 atom stereocenters. The molecule has 0 bridgehead atoms. The lowest BCUT2D eigenvalue weighted by atomic mass is 9.96. The molecule has 4 aromatic rings. The lowest BCUT2D eigenvalue weighted by Gasteiger charge is -2.28. The maximum Gasteiger partial charge on any atom is 0.174 e. The van der Waals surface area contributed by atoms with Gasteiger partial charge in [-0.15, -0.1) is 0 Å². The standard InChI is InChI=1S/C27H26BrN5S/c1-17-14-21(7-8-23(17)28)33-26(25(31-27(33)34)24-6-4-5-11-30-24)22-15-18(2)32(19(22)3)16-20-9-12-29-13-10-20/h4-15,25-26H,16H2,1-3H3,(H,31,34)/t25-,26+/m0/s1. The molecule has 1 saturated heterocycles. The number of benzene rings is 1. The van der Waals surface area contributed by atoms with Crippen LogP contribution in [0.2, 0.25) is 0 Å². The van der Waals surface area contributed by atoms with Crippen LogP contribution in [0, 0.1) is 20.8 Å². The summed E-state index contributed by atoms with van der Waals surface area (Å²) in [5.74, 6) is 0. The Hall–Kier alpha value is -3.03. The van der Waals surface area contributed by atoms with Crippen molar-refractivity contribution in [2.75, 3.05) is 4.90 Å². The van der Waals surface area contributed by atoms with Crippen molar-refractivity contribution in [1.29, 1.82) is 0 Å². The Bertz CT molecular complexity index is 1340. The number of hydrogen-bond donors (Lipinski definition) is 1. The quantitative estimate of drug-likeness (QED) is 0.311. The third-order valence-corrected chi connectivity index (χ3v) is 7.74. The summed E-state index contributed by atoms with van der Waals surface area (Å²) in [5, 5.41) is 4.28. The first-order chi connectivity index (χ1) is 16.4. The van der Waals surface area contributed by atoms with Gasteiger partial charge in [-0.05, 0) is 98.2 Å². The number of rotatable bonds is 5. The number of nitrogens with one attached hydrogen (secondary N) is 1. The molecule has 0 saturated carbocycles. The molecule has 34 heavy (non-hydrogen) atoms. The number of pyridine rings is 2. The van der Waals surface area contributed by atoms with Gasteiger partial charge < -0.3 is 14.8 Å². The number of halogens is 1. The normalized spacial score (nSPS) is 17.8. The predicted molar refractivity (Wildman–Crippen MR) is 144 cm³/mol. The highest BCUT2D eigenvalue weighted by Gasteiger charge is 2.42. The largest absolute Gasteiger partial charge is 0.351 e. The van der Waals surface area contributed by atoms with E-state index in [9.17, 15) is 0 Å². The molecular weight excluding hydrogens is 506 g/mol. The molecule has 1 aliphatic rings. The van der Waals surface area contributed by atoms with Gasteiger partial charge in [-0.1, -0.05) is 22.0 Å². The Labute approximate surface area is 214 Å². The van der Waals surface area contributed by atoms with E-state index in [2.05, 4.69) is 104 Å². The molecule has 0 unspecified atom stereocenters. The molecule has 0 radical (unpaired) electrons. The van der Waals surface area contributed by atoms with Gasteiger partial charge in [0.15, 0.2) is 5.11 Å². The Kier molecular flexibility index (Phi) is 6.23. The Balaban J connectivity index is 1.63. The monoisotopic (exact) mass is 531 g/mol. The average Bonchev–Trinajstić information content (AvgIpc) is 3.33. The predicted octanol–water partition coefficient (Wildman–Crippen LogP) is 6.19. The van der Waals surface area contributed by atoms with Gasteiger partial charge in [0.2, 0.25) is 0 Å². The van der Waals surface area contributed by atoms with Gasteiger partial charge in [-0.3, -0.25) is 9.97 Å². The maximum atomic E-state index is 5.90. The van der Waals surface area contributed by atoms with Gasteiger partial charge in [0, 0.05) is 46.7 Å². The summed E-state index contributed by atoms with van der Waals surface area (Å²) in [7, 11) is 0. The van der Waals surface area contributed by atoms with Gasteiger partial charge in [0.1, 0.15) is 0 Å². The van der Waals surface area contributed by atoms with Crippen LogP contribution in [0.4, 0.5) is 5.69 Å². The van der Waals surface area contributed by atoms with Gasteiger partial charge in [-0.2, -0.15) is 0 Å². The zero-order valence-corrected chi connectivity index (χ0v) is 21.8. The number of aryl methyl sites for hydroxylation is 2. The van der Waals surface area contributed by atoms with Crippen LogP contribution < -0.4 is 10.2 Å². The van der Waals surface area contributed by atoms with Crippen molar-refractivity contribution < 1.29 is 0 Å². The van der Waals surface area contributed by atoms with Gasteiger partial charge in [0.25, 0.3) is 0 Å². The van der Waals surface area contributed by atoms with Crippen molar-refractivity contribution in [2.45, 2.75) is 39.4 Å². The summed E-state index contributed by atoms with van der Waals surface area (Å²) in [6.45, 7) is 7.27. The van der Waals surface area contributed by atoms with E-state index in [1.165, 1.54) is 28.1 Å². The molecule has 1 N–H and O–H groups in total. The van der Waals surface area contributed by atoms with E-state index in [-0.39, 0.29) is 12.1 Å². The fraction of sp³-hybridized carbons (Fsp3) is 0.222. The molecule has 0 aliphatic carbocycles. The molecule has 1 fully saturated rings. The second-order valence-corrected chi connectivity index (χ2v) is 9.94. The van der Waals surface area contributed by atoms with E-state index >= 15 is 0 Å². The lowest BCUT2D eigenvalue weighted by molar-refractivity contribution is 0.563. The first-order valence-electron chi connectivity index (χ1n) is 11.3. The number of aromatic nitrogens is 3. The molecule has 5 rings (SSSR count). The van der Waals surface area contributed by atoms with Crippen molar-refractivity contribution in [1.82, 2.24) is 19.9 Å². The molecular formula is C27H26BrN5S. The summed E-state index contributed by atoms with van der Waals surface area (Å²) < 4.78 is 3.45. The van der Waals surface area contributed by atoms with Crippen molar-refractivity contribution in [3.8, 4) is 0 Å². The molecule has 0 spiro atoms. The van der Waals surface area contributed by atoms with Crippen molar-refractivity contribution >= 4 is 38.9 Å². The van der Waals surface area contributed by atoms with E-state index in [1.807, 2.05) is 30.7 Å². The van der Waals surface area contributed by atoms with Gasteiger partial charge in [-0.25, -0.2) is 0 Å². The third-order valence-electron chi connectivity index (χ3n) is 6.54. The number of hydrogen-bond acceptors (Lipinski definition) is 3. The van der Waals surface area contributed by atoms with Crippen LogP contribution in [0.5, 0.6) is 0 Å². The highest BCUT2D eigenvalue weighted by Crippen LogP contribution is 2.43. The van der Waals surface area contributed by atoms with Crippen molar-refractivity contribution in [2.24, 2.45) is 0 Å². The van der Waals surface area contributed by atoms with E-state index in [0.29, 0.717) is 5.11 Å². The fourth-order valence-electron chi connectivity index (χ4n) is 4.77. The molecule has 0 amide bonds. The second kappa shape index (κ2) is 9.31. The van der Waals surface area contributed by atoms with E-state index < -0.39 is 0 Å². The number of nitrogens with zero attached hydrogens (tertiary/aromatic N) is 4. The van der Waals surface area contributed by atoms with Crippen LogP contribution in [0.15, 0.2) is 77.7 Å². The second-order valence-electron chi connectivity index (χ2n) is 8.70. The number of anilines is 1. The van der Waals surface area contributed by atoms with Crippen molar-refractivity contribution in [3.63, 3.8) is 0 Å². The minimum atomic E-state index is -0.0625. The highest BCUT2D eigenvalue weighted by atomic mass is 79.9. The summed E-state index contributed by atoms with van der Waals surface area (Å²) >= 11 is 9.54. The lowest BCUT2D eigenvalue weighted by Crippen LogP contribution is -2.29. The van der Waals surface area contributed by atoms with Gasteiger partial charge in [0.05, 0.1) is 17.8 Å². The Morgan fingerprint density at radius 3 is 2.50 bits per heavy atom. The van der Waals surface area contributed by atoms with Crippen molar-refractivity contribution in [3.05, 3.63) is 111 Å². The molecule has 4 heterocycles. The van der Waals surface area contributed by atoms with Crippen LogP contribution in [0.3, 0.4) is 0 Å². The van der Waals surface area contributed by atoms with E-state index in [0.717, 1.165) is 22.4 Å². The van der Waals surface area contributed by atoms with E-state index in [4.69, 9.17) is 12.2 Å². The molecule has 1 aromatic carbocycles. The van der Waals surface area contributed by atoms with Crippen LogP contribution >= 0.6 is 28.1 Å². The summed E-state index contributed by atoms with van der Waals surface area (Å²) in [6.07, 6.45) is 5.53. The topological polar surface area (TPSA) is 46.0 Å². The zero-order chi connectivity index (χ0) is 23.8. The average molecular weight is 533 g/mol. The molecule has 7 heteroatoms. The SMILES string of the molecule is Cc1cc(N2C(=S)N[C@@H](c3ccccn3)[C@H]2c2cc(C)n(Cc3ccncc3)c2C)ccc1Br. The van der Waals surface area contributed by atoms with Crippen LogP contribution in [0.1, 0.15) is 45.9 Å². The van der Waals surface area contributed by atoms with E-state index in [1.54, 1.807) is 0 Å². The Morgan fingerprint density at radius 1 is 1.00 bits per heavy atom. The minimum Gasteiger partial charge on any atom is -0.351 e. The minimum absolute atomic E-state index is 0.0274. The highest BCUT2D eigenvalue weighted by molar-refractivity contribution is 9.10. The Morgan fingerprint density at radius 2 is 1.79 bits per heavy atom. The summed E-state index contributed by atoms with van der Waals surface area (Å²) in [5.41, 5.74) is 8.13. The molecule has 1 aliphatic heterocycles. The van der Waals surface area contributed by atoms with Crippen LogP contribution in [-0.4, -0.2) is 19.6 Å². The third kappa shape index (κ3) is 4.14. The number of thiocarbonyl (C=S) groups is 1. The smallest absolute Gasteiger partial charge is 0.174 e. The first kappa shape index (κ1) is 22.7. The maximum absolute atomic E-state index is 5.90. The fourth-order valence-corrected chi connectivity index (χ4v) is 5.36. The van der Waals surface area contributed by atoms with Crippen LogP contribution in [-0.2, 0) is 6.54 Å². The zero-order valence-electron chi connectivity index (χ0n) is 19.4. The molecule has 172 valence electrons. The summed E-state index contributed by atoms with van der Waals surface area (Å²) in [4.78, 5) is 11.1. The van der Waals surface area contributed by atoms with Gasteiger partial charge >= 0.3 is 0 Å².